The Morgan fingerprint density at radius 2 is 2.25 bits per heavy atom. The van der Waals surface area contributed by atoms with Gasteiger partial charge in [-0.3, -0.25) is 0 Å². The summed E-state index contributed by atoms with van der Waals surface area (Å²) in [4.78, 5) is 15.0. The van der Waals surface area contributed by atoms with Crippen molar-refractivity contribution in [3.63, 3.8) is 0 Å². The Morgan fingerprint density at radius 3 is 2.95 bits per heavy atom. The average molecular weight is 275 g/mol. The van der Waals surface area contributed by atoms with Gasteiger partial charge < -0.3 is 9.84 Å². The Bertz CT molecular complexity index is 510. The fraction of sp³-hybridized carbons (Fsp3) is 0.500. The Hall–Kier alpha value is -1.84. The van der Waals surface area contributed by atoms with Crippen molar-refractivity contribution >= 4 is 12.0 Å². The third kappa shape index (κ3) is 4.08. The molecular formula is C16H21NO3. The number of hydrogen-bond donors (Lipinski definition) is 1. The number of ether oxygens (including phenoxy) is 1. The van der Waals surface area contributed by atoms with Gasteiger partial charge >= 0.3 is 5.97 Å². The maximum atomic E-state index is 10.6. The molecule has 1 heterocycles. The Kier molecular flexibility index (Phi) is 4.77. The van der Waals surface area contributed by atoms with Crippen LogP contribution in [0.3, 0.4) is 0 Å². The summed E-state index contributed by atoms with van der Waals surface area (Å²) in [5.41, 5.74) is 1.44. The van der Waals surface area contributed by atoms with E-state index in [1.54, 1.807) is 0 Å². The number of nitrogens with zero attached hydrogens (tertiary/aromatic N) is 1. The Balaban J connectivity index is 2.15. The van der Waals surface area contributed by atoms with Crippen molar-refractivity contribution in [3.05, 3.63) is 29.6 Å². The molecule has 0 saturated heterocycles. The van der Waals surface area contributed by atoms with Gasteiger partial charge in [-0.1, -0.05) is 13.3 Å². The summed E-state index contributed by atoms with van der Waals surface area (Å²) in [5, 5.41) is 8.74. The number of carboxylic acid groups (broad SMARTS) is 1. The molecule has 2 unspecified atom stereocenters. The molecular weight excluding hydrogens is 254 g/mol. The molecule has 1 aromatic rings. The molecule has 1 fully saturated rings. The van der Waals surface area contributed by atoms with Crippen molar-refractivity contribution in [3.8, 4) is 5.75 Å². The van der Waals surface area contributed by atoms with Gasteiger partial charge in [0.15, 0.2) is 0 Å². The van der Waals surface area contributed by atoms with E-state index in [0.29, 0.717) is 17.4 Å². The highest BCUT2D eigenvalue weighted by atomic mass is 16.5. The van der Waals surface area contributed by atoms with Crippen LogP contribution in [-0.2, 0) is 4.79 Å². The summed E-state index contributed by atoms with van der Waals surface area (Å²) in [6.45, 7) is 4.12. The highest BCUT2D eigenvalue weighted by Gasteiger charge is 2.21. The minimum Gasteiger partial charge on any atom is -0.488 e. The van der Waals surface area contributed by atoms with Gasteiger partial charge in [0.05, 0.1) is 6.10 Å². The molecule has 1 aliphatic rings. The molecule has 0 radical (unpaired) electrons. The van der Waals surface area contributed by atoms with Crippen molar-refractivity contribution in [2.24, 2.45) is 5.92 Å². The van der Waals surface area contributed by atoms with Crippen LogP contribution in [0.5, 0.6) is 5.75 Å². The summed E-state index contributed by atoms with van der Waals surface area (Å²) in [6.07, 6.45) is 7.36. The number of aromatic nitrogens is 1. The molecule has 1 aliphatic carbocycles. The quantitative estimate of drug-likeness (QED) is 0.855. The van der Waals surface area contributed by atoms with Gasteiger partial charge in [0.25, 0.3) is 0 Å². The summed E-state index contributed by atoms with van der Waals surface area (Å²) in [6, 6.07) is 3.77. The molecule has 0 aromatic carbocycles. The average Bonchev–Trinajstić information content (AvgIpc) is 2.39. The van der Waals surface area contributed by atoms with Crippen LogP contribution in [0.15, 0.2) is 18.2 Å². The van der Waals surface area contributed by atoms with Crippen molar-refractivity contribution < 1.29 is 14.6 Å². The third-order valence-electron chi connectivity index (χ3n) is 3.59. The van der Waals surface area contributed by atoms with Crippen LogP contribution in [0, 0.1) is 12.8 Å². The minimum absolute atomic E-state index is 0.209. The van der Waals surface area contributed by atoms with Crippen LogP contribution in [-0.4, -0.2) is 22.2 Å². The predicted molar refractivity (Wildman–Crippen MR) is 77.7 cm³/mol. The van der Waals surface area contributed by atoms with Crippen molar-refractivity contribution in [2.75, 3.05) is 0 Å². The lowest BCUT2D eigenvalue weighted by atomic mass is 9.89. The maximum absolute atomic E-state index is 10.6. The highest BCUT2D eigenvalue weighted by molar-refractivity contribution is 5.85. The first-order valence-corrected chi connectivity index (χ1v) is 7.10. The van der Waals surface area contributed by atoms with Crippen LogP contribution in [0.4, 0.5) is 0 Å². The zero-order valence-corrected chi connectivity index (χ0v) is 12.0. The van der Waals surface area contributed by atoms with Crippen molar-refractivity contribution in [1.82, 2.24) is 4.98 Å². The number of hydrogen-bond acceptors (Lipinski definition) is 3. The monoisotopic (exact) mass is 275 g/mol. The lowest BCUT2D eigenvalue weighted by molar-refractivity contribution is -0.131. The Labute approximate surface area is 119 Å². The molecule has 0 aliphatic heterocycles. The van der Waals surface area contributed by atoms with Gasteiger partial charge in [0.2, 0.25) is 0 Å². The molecule has 2 atom stereocenters. The number of rotatable bonds is 4. The van der Waals surface area contributed by atoms with E-state index >= 15 is 0 Å². The van der Waals surface area contributed by atoms with E-state index in [0.717, 1.165) is 24.6 Å². The fourth-order valence-corrected chi connectivity index (χ4v) is 2.60. The lowest BCUT2D eigenvalue weighted by Gasteiger charge is -2.27. The molecule has 4 heteroatoms. The molecule has 2 rings (SSSR count). The first-order valence-electron chi connectivity index (χ1n) is 7.10. The molecule has 20 heavy (non-hydrogen) atoms. The van der Waals surface area contributed by atoms with E-state index in [2.05, 4.69) is 11.9 Å². The Morgan fingerprint density at radius 1 is 1.45 bits per heavy atom. The molecule has 1 N–H and O–H groups in total. The standard InChI is InChI=1S/C16H21NO3/c1-11-4-3-5-13(10-11)20-15-8-6-12(2)17-14(15)7-9-16(18)19/h6-9,11,13H,3-5,10H2,1-2H3,(H,18,19). The first-order chi connectivity index (χ1) is 9.54. The van der Waals surface area contributed by atoms with E-state index in [1.165, 1.54) is 18.9 Å². The lowest BCUT2D eigenvalue weighted by Crippen LogP contribution is -2.24. The predicted octanol–water partition coefficient (Wildman–Crippen LogP) is 3.45. The summed E-state index contributed by atoms with van der Waals surface area (Å²) >= 11 is 0. The topological polar surface area (TPSA) is 59.4 Å². The van der Waals surface area contributed by atoms with Crippen LogP contribution < -0.4 is 4.74 Å². The SMILES string of the molecule is Cc1ccc(OC2CCCC(C)C2)c(C=CC(=O)O)n1. The maximum Gasteiger partial charge on any atom is 0.328 e. The number of pyridine rings is 1. The number of carbonyl (C=O) groups is 1. The molecule has 1 saturated carbocycles. The van der Waals surface area contributed by atoms with E-state index in [-0.39, 0.29) is 6.10 Å². The van der Waals surface area contributed by atoms with Gasteiger partial charge in [-0.2, -0.15) is 0 Å². The number of aliphatic carboxylic acids is 1. The molecule has 0 amide bonds. The summed E-state index contributed by atoms with van der Waals surface area (Å²) in [7, 11) is 0. The fourth-order valence-electron chi connectivity index (χ4n) is 2.60. The zero-order chi connectivity index (χ0) is 14.5. The van der Waals surface area contributed by atoms with E-state index in [4.69, 9.17) is 9.84 Å². The summed E-state index contributed by atoms with van der Waals surface area (Å²) < 4.78 is 6.04. The molecule has 1 aromatic heterocycles. The van der Waals surface area contributed by atoms with Crippen LogP contribution in [0.1, 0.15) is 44.0 Å². The van der Waals surface area contributed by atoms with Gasteiger partial charge in [0.1, 0.15) is 11.4 Å². The summed E-state index contributed by atoms with van der Waals surface area (Å²) in [5.74, 6) is 0.378. The zero-order valence-electron chi connectivity index (χ0n) is 12.0. The van der Waals surface area contributed by atoms with Crippen LogP contribution in [0.2, 0.25) is 0 Å². The van der Waals surface area contributed by atoms with E-state index in [9.17, 15) is 4.79 Å². The largest absolute Gasteiger partial charge is 0.488 e. The number of carboxylic acids is 1. The van der Waals surface area contributed by atoms with Gasteiger partial charge in [-0.25, -0.2) is 9.78 Å². The first kappa shape index (κ1) is 14.6. The molecule has 4 nitrogen and oxygen atoms in total. The highest BCUT2D eigenvalue weighted by Crippen LogP contribution is 2.29. The molecule has 108 valence electrons. The number of aryl methyl sites for hydroxylation is 1. The second-order valence-corrected chi connectivity index (χ2v) is 5.52. The third-order valence-corrected chi connectivity index (χ3v) is 3.59. The van der Waals surface area contributed by atoms with Crippen molar-refractivity contribution in [1.29, 1.82) is 0 Å². The van der Waals surface area contributed by atoms with Gasteiger partial charge in [-0.05, 0) is 50.3 Å². The van der Waals surface area contributed by atoms with Crippen LogP contribution >= 0.6 is 0 Å². The van der Waals surface area contributed by atoms with Crippen LogP contribution in [0.25, 0.3) is 6.08 Å². The van der Waals surface area contributed by atoms with Gasteiger partial charge in [-0.15, -0.1) is 0 Å². The van der Waals surface area contributed by atoms with E-state index < -0.39 is 5.97 Å². The minimum atomic E-state index is -0.981. The molecule has 0 bridgehead atoms. The second kappa shape index (κ2) is 6.55. The van der Waals surface area contributed by atoms with Gasteiger partial charge in [0, 0.05) is 11.8 Å². The van der Waals surface area contributed by atoms with E-state index in [1.807, 2.05) is 19.1 Å². The van der Waals surface area contributed by atoms with Crippen molar-refractivity contribution in [2.45, 2.75) is 45.6 Å². The second-order valence-electron chi connectivity index (χ2n) is 5.52. The smallest absolute Gasteiger partial charge is 0.328 e. The molecule has 0 spiro atoms. The normalized spacial score (nSPS) is 22.9.